The first-order chi connectivity index (χ1) is 36.1. The summed E-state index contributed by atoms with van der Waals surface area (Å²) >= 11 is 0. The molecule has 0 heterocycles. The van der Waals surface area contributed by atoms with Crippen molar-refractivity contribution < 1.29 is 19.2 Å². The van der Waals surface area contributed by atoms with Crippen molar-refractivity contribution in [2.24, 2.45) is 0 Å². The molecule has 408 valence electrons. The van der Waals surface area contributed by atoms with Gasteiger partial charge in [0.05, 0.1) is 0 Å². The average molecular weight is 1010 g/mol. The molecule has 0 unspecified atom stereocenters. The van der Waals surface area contributed by atoms with Crippen LogP contribution in [-0.4, -0.2) is 23.1 Å². The number of Topliss-reactive ketones (excluding diaryl/α,β-unsaturated/α-hetero) is 4. The van der Waals surface area contributed by atoms with Gasteiger partial charge in [-0.15, -0.1) is 0 Å². The summed E-state index contributed by atoms with van der Waals surface area (Å²) in [5, 5.41) is 0. The number of carbonyl (C=O) groups is 4. The number of rotatable bonds is 7. The Bertz CT molecular complexity index is 1840. The van der Waals surface area contributed by atoms with E-state index in [0.29, 0.717) is 29.5 Å². The van der Waals surface area contributed by atoms with Crippen molar-refractivity contribution in [1.82, 2.24) is 0 Å². The number of hydrogen-bond donors (Lipinski definition) is 0. The molecular formula is C70H104O4. The van der Waals surface area contributed by atoms with Crippen LogP contribution in [-0.2, 0) is 0 Å². The Morgan fingerprint density at radius 2 is 0.365 bits per heavy atom. The zero-order valence-corrected chi connectivity index (χ0v) is 50.2. The molecule has 0 bridgehead atoms. The number of hydrogen-bond acceptors (Lipinski definition) is 4. The fourth-order valence-electron chi connectivity index (χ4n) is 4.58. The van der Waals surface area contributed by atoms with Crippen LogP contribution in [0.2, 0.25) is 0 Å². The second kappa shape index (κ2) is 70.5. The van der Waals surface area contributed by atoms with Gasteiger partial charge in [-0.05, 0) is 25.0 Å². The molecule has 0 aliphatic rings. The number of carbonyl (C=O) groups excluding carboxylic acids is 4. The Balaban J connectivity index is -0.000000143. The van der Waals surface area contributed by atoms with Crippen LogP contribution < -0.4 is 0 Å². The van der Waals surface area contributed by atoms with Crippen LogP contribution in [0.25, 0.3) is 11.1 Å². The Morgan fingerprint density at radius 3 is 0.500 bits per heavy atom. The number of benzene rings is 7. The molecule has 0 fully saturated rings. The minimum atomic E-state index is 0.0236. The smallest absolute Gasteiger partial charge is 0.162 e. The van der Waals surface area contributed by atoms with Crippen molar-refractivity contribution in [2.75, 3.05) is 0 Å². The minimum absolute atomic E-state index is 0.0236. The topological polar surface area (TPSA) is 68.3 Å². The van der Waals surface area contributed by atoms with E-state index in [4.69, 9.17) is 0 Å². The molecule has 7 aromatic rings. The molecule has 0 aromatic heterocycles. The standard InChI is InChI=1S/C17H16O2.C11H12O2.4C6H6.2C3H8.6C2H6/c1-3-17(19)16-10-8-15(9-11-16)14-6-4-13(5-7-14)12(2)18;1-3-11(13)10-6-4-9(5-7-10)8(2)12;4*1-2-4-6-5-3-1;2*1-3-2;6*1-2/h4-11H,3H2,1-2H3;4-7H,3H2,1-2H3;4*1-6H;2*3H2,1-2H3;6*1-2H3. The van der Waals surface area contributed by atoms with Gasteiger partial charge in [0, 0.05) is 35.1 Å². The van der Waals surface area contributed by atoms with Gasteiger partial charge in [0.1, 0.15) is 0 Å². The molecule has 0 saturated heterocycles. The highest BCUT2D eigenvalue weighted by atomic mass is 16.1. The van der Waals surface area contributed by atoms with Crippen LogP contribution >= 0.6 is 0 Å². The Morgan fingerprint density at radius 1 is 0.243 bits per heavy atom. The van der Waals surface area contributed by atoms with Gasteiger partial charge in [0.25, 0.3) is 0 Å². The zero-order chi connectivity index (χ0) is 58.1. The van der Waals surface area contributed by atoms with Crippen molar-refractivity contribution in [2.45, 2.75) is 164 Å². The molecule has 74 heavy (non-hydrogen) atoms. The third kappa shape index (κ3) is 53.0. The van der Waals surface area contributed by atoms with E-state index in [0.717, 1.165) is 16.7 Å². The summed E-state index contributed by atoms with van der Waals surface area (Å²) in [5.74, 6) is 0.347. The Hall–Kier alpha value is -6.78. The summed E-state index contributed by atoms with van der Waals surface area (Å²) in [5.41, 5.74) is 4.86. The molecule has 4 heteroatoms. The molecule has 0 amide bonds. The van der Waals surface area contributed by atoms with E-state index in [9.17, 15) is 19.2 Å². The second-order valence-corrected chi connectivity index (χ2v) is 13.4. The van der Waals surface area contributed by atoms with Gasteiger partial charge < -0.3 is 0 Å². The quantitative estimate of drug-likeness (QED) is 0.149. The maximum Gasteiger partial charge on any atom is 0.162 e. The van der Waals surface area contributed by atoms with Crippen molar-refractivity contribution in [3.8, 4) is 11.1 Å². The van der Waals surface area contributed by atoms with E-state index in [1.807, 2.05) is 291 Å². The molecular weight excluding hydrogens is 905 g/mol. The van der Waals surface area contributed by atoms with Crippen LogP contribution in [0.5, 0.6) is 0 Å². The molecule has 4 nitrogen and oxygen atoms in total. The summed E-state index contributed by atoms with van der Waals surface area (Å²) in [4.78, 5) is 44.9. The molecule has 0 saturated carbocycles. The molecule has 0 spiro atoms. The molecule has 0 aliphatic carbocycles. The van der Waals surface area contributed by atoms with E-state index in [1.54, 1.807) is 31.2 Å². The predicted molar refractivity (Wildman–Crippen MR) is 333 cm³/mol. The lowest BCUT2D eigenvalue weighted by Crippen LogP contribution is -1.98. The lowest BCUT2D eigenvalue weighted by molar-refractivity contribution is 0.0980. The first-order valence-electron chi connectivity index (χ1n) is 27.5. The van der Waals surface area contributed by atoms with Crippen molar-refractivity contribution in [1.29, 1.82) is 0 Å². The van der Waals surface area contributed by atoms with Crippen LogP contribution in [0.3, 0.4) is 0 Å². The normalized spacial score (nSPS) is 7.89. The van der Waals surface area contributed by atoms with Gasteiger partial charge in [-0.2, -0.15) is 0 Å². The van der Waals surface area contributed by atoms with Gasteiger partial charge in [-0.3, -0.25) is 19.2 Å². The molecule has 0 atom stereocenters. The maximum absolute atomic E-state index is 11.5. The molecule has 7 rings (SSSR count). The third-order valence-electron chi connectivity index (χ3n) is 7.75. The lowest BCUT2D eigenvalue weighted by atomic mass is 10.00. The van der Waals surface area contributed by atoms with Crippen LogP contribution in [0.15, 0.2) is 218 Å². The van der Waals surface area contributed by atoms with Crippen molar-refractivity contribution >= 4 is 23.1 Å². The second-order valence-electron chi connectivity index (χ2n) is 13.4. The summed E-state index contributed by atoms with van der Waals surface area (Å²) in [6.07, 6.45) is 3.52. The van der Waals surface area contributed by atoms with Gasteiger partial charge in [-0.1, -0.05) is 356 Å². The van der Waals surface area contributed by atoms with E-state index < -0.39 is 0 Å². The van der Waals surface area contributed by atoms with Crippen molar-refractivity contribution in [3.05, 3.63) is 241 Å². The number of ketones is 4. The highest BCUT2D eigenvalue weighted by Crippen LogP contribution is 2.21. The maximum atomic E-state index is 11.5. The molecule has 0 radical (unpaired) electrons. The zero-order valence-electron chi connectivity index (χ0n) is 50.2. The molecule has 0 aliphatic heterocycles. The molecule has 7 aromatic carbocycles. The summed E-state index contributed by atoms with van der Waals surface area (Å²) < 4.78 is 0. The summed E-state index contributed by atoms with van der Waals surface area (Å²) in [6.45, 7) is 39.2. The van der Waals surface area contributed by atoms with Crippen LogP contribution in [0.1, 0.15) is 206 Å². The van der Waals surface area contributed by atoms with E-state index >= 15 is 0 Å². The van der Waals surface area contributed by atoms with Crippen LogP contribution in [0.4, 0.5) is 0 Å². The average Bonchev–Trinajstić information content (AvgIpc) is 3.51. The SMILES string of the molecule is CC.CC.CC.CC.CC.CC.CCC.CCC.CCC(=O)c1ccc(-c2ccc(C(C)=O)cc2)cc1.CCC(=O)c1ccc(C(C)=O)cc1.c1ccccc1.c1ccccc1.c1ccccc1.c1ccccc1. The lowest BCUT2D eigenvalue weighted by Gasteiger charge is -2.04. The predicted octanol–water partition coefficient (Wildman–Crippen LogP) is 22.4. The van der Waals surface area contributed by atoms with Crippen molar-refractivity contribution in [3.63, 3.8) is 0 Å². The Labute approximate surface area is 456 Å². The van der Waals surface area contributed by atoms with Gasteiger partial charge in [0.15, 0.2) is 23.1 Å². The van der Waals surface area contributed by atoms with E-state index in [-0.39, 0.29) is 23.1 Å². The third-order valence-corrected chi connectivity index (χ3v) is 7.75. The molecule has 0 N–H and O–H groups in total. The van der Waals surface area contributed by atoms with Crippen LogP contribution in [0, 0.1) is 0 Å². The van der Waals surface area contributed by atoms with Gasteiger partial charge in [0.2, 0.25) is 0 Å². The fraction of sp³-hybridized carbons (Fsp3) is 0.343. The highest BCUT2D eigenvalue weighted by molar-refractivity contribution is 5.99. The summed E-state index contributed by atoms with van der Waals surface area (Å²) in [6, 6.07) is 69.8. The van der Waals surface area contributed by atoms with E-state index in [1.165, 1.54) is 19.8 Å². The van der Waals surface area contributed by atoms with Gasteiger partial charge in [-0.25, -0.2) is 0 Å². The fourth-order valence-corrected chi connectivity index (χ4v) is 4.58. The largest absolute Gasteiger partial charge is 0.295 e. The monoisotopic (exact) mass is 1010 g/mol. The summed E-state index contributed by atoms with van der Waals surface area (Å²) in [7, 11) is 0. The first kappa shape index (κ1) is 81.3. The minimum Gasteiger partial charge on any atom is -0.295 e. The van der Waals surface area contributed by atoms with Gasteiger partial charge >= 0.3 is 0 Å². The Kier molecular flexibility index (Phi) is 77.4. The first-order valence-corrected chi connectivity index (χ1v) is 27.5. The van der Waals surface area contributed by atoms with E-state index in [2.05, 4.69) is 27.7 Å². The highest BCUT2D eigenvalue weighted by Gasteiger charge is 2.05.